The minimum atomic E-state index is -0.510. The van der Waals surface area contributed by atoms with Crippen LogP contribution < -0.4 is 16.4 Å². The largest absolute Gasteiger partial charge is 0.351 e. The molecule has 4 nitrogen and oxygen atoms in total. The number of amides is 2. The summed E-state index contributed by atoms with van der Waals surface area (Å²) in [4.78, 5) is 10.7. The SMILES string of the molecule is NC(=O)Nc1cccc2c1CNCC2. The van der Waals surface area contributed by atoms with Crippen molar-refractivity contribution in [2.75, 3.05) is 11.9 Å². The van der Waals surface area contributed by atoms with Crippen LogP contribution >= 0.6 is 0 Å². The molecule has 4 heteroatoms. The van der Waals surface area contributed by atoms with Gasteiger partial charge >= 0.3 is 6.03 Å². The van der Waals surface area contributed by atoms with Gasteiger partial charge in [-0.3, -0.25) is 0 Å². The van der Waals surface area contributed by atoms with Crippen molar-refractivity contribution >= 4 is 11.7 Å². The van der Waals surface area contributed by atoms with E-state index in [1.54, 1.807) is 0 Å². The molecule has 0 spiro atoms. The molecule has 2 amide bonds. The molecule has 2 rings (SSSR count). The number of carbonyl (C=O) groups is 1. The molecule has 1 aliphatic heterocycles. The first kappa shape index (κ1) is 9.02. The monoisotopic (exact) mass is 191 g/mol. The van der Waals surface area contributed by atoms with E-state index in [0.29, 0.717) is 0 Å². The second-order valence-corrected chi connectivity index (χ2v) is 3.36. The van der Waals surface area contributed by atoms with E-state index in [4.69, 9.17) is 5.73 Å². The van der Waals surface area contributed by atoms with E-state index in [9.17, 15) is 4.79 Å². The van der Waals surface area contributed by atoms with Gasteiger partial charge in [0.1, 0.15) is 0 Å². The summed E-state index contributed by atoms with van der Waals surface area (Å²) >= 11 is 0. The second kappa shape index (κ2) is 3.67. The Morgan fingerprint density at radius 1 is 1.50 bits per heavy atom. The van der Waals surface area contributed by atoms with Gasteiger partial charge in [-0.25, -0.2) is 4.79 Å². The molecule has 1 aromatic rings. The minimum absolute atomic E-state index is 0.510. The van der Waals surface area contributed by atoms with Crippen LogP contribution in [0.2, 0.25) is 0 Å². The molecule has 0 saturated heterocycles. The van der Waals surface area contributed by atoms with Gasteiger partial charge in [0.05, 0.1) is 0 Å². The number of urea groups is 1. The Kier molecular flexibility index (Phi) is 2.37. The van der Waals surface area contributed by atoms with Gasteiger partial charge in [0.2, 0.25) is 0 Å². The molecule has 0 bridgehead atoms. The van der Waals surface area contributed by atoms with Crippen LogP contribution in [0, 0.1) is 0 Å². The van der Waals surface area contributed by atoms with Gasteiger partial charge in [-0.15, -0.1) is 0 Å². The molecule has 0 aromatic heterocycles. The molecule has 0 aliphatic carbocycles. The van der Waals surface area contributed by atoms with E-state index in [2.05, 4.69) is 16.7 Å². The zero-order valence-corrected chi connectivity index (χ0v) is 7.84. The standard InChI is InChI=1S/C10H13N3O/c11-10(14)13-9-3-1-2-7-4-5-12-6-8(7)9/h1-3,12H,4-6H2,(H3,11,13,14). The van der Waals surface area contributed by atoms with Crippen LogP contribution in [0.3, 0.4) is 0 Å². The fourth-order valence-corrected chi connectivity index (χ4v) is 1.76. The number of nitrogens with one attached hydrogen (secondary N) is 2. The molecule has 1 aromatic carbocycles. The predicted octanol–water partition coefficient (Wildman–Crippen LogP) is 0.823. The van der Waals surface area contributed by atoms with Gasteiger partial charge in [0.15, 0.2) is 0 Å². The van der Waals surface area contributed by atoms with E-state index in [1.165, 1.54) is 5.56 Å². The highest BCUT2D eigenvalue weighted by atomic mass is 16.2. The number of nitrogens with two attached hydrogens (primary N) is 1. The number of benzene rings is 1. The maximum atomic E-state index is 10.7. The Morgan fingerprint density at radius 2 is 2.36 bits per heavy atom. The van der Waals surface area contributed by atoms with Gasteiger partial charge in [0.25, 0.3) is 0 Å². The number of hydrogen-bond donors (Lipinski definition) is 3. The highest BCUT2D eigenvalue weighted by Crippen LogP contribution is 2.22. The molecule has 0 atom stereocenters. The number of rotatable bonds is 1. The van der Waals surface area contributed by atoms with Crippen molar-refractivity contribution in [2.24, 2.45) is 5.73 Å². The molecule has 0 fully saturated rings. The smallest absolute Gasteiger partial charge is 0.316 e. The van der Waals surface area contributed by atoms with E-state index >= 15 is 0 Å². The van der Waals surface area contributed by atoms with Gasteiger partial charge in [-0.2, -0.15) is 0 Å². The third kappa shape index (κ3) is 1.70. The van der Waals surface area contributed by atoms with Crippen LogP contribution in [0.5, 0.6) is 0 Å². The van der Waals surface area contributed by atoms with Crippen molar-refractivity contribution in [3.63, 3.8) is 0 Å². The number of carbonyl (C=O) groups excluding carboxylic acids is 1. The zero-order chi connectivity index (χ0) is 9.97. The van der Waals surface area contributed by atoms with Crippen LogP contribution in [-0.2, 0) is 13.0 Å². The topological polar surface area (TPSA) is 67.2 Å². The zero-order valence-electron chi connectivity index (χ0n) is 7.84. The summed E-state index contributed by atoms with van der Waals surface area (Å²) in [6.07, 6.45) is 1.00. The quantitative estimate of drug-likeness (QED) is 0.615. The fraction of sp³-hybridized carbons (Fsp3) is 0.300. The molecular formula is C10H13N3O. The Bertz CT molecular complexity index is 362. The third-order valence-electron chi connectivity index (χ3n) is 2.40. The number of anilines is 1. The average Bonchev–Trinajstić information content (AvgIpc) is 2.18. The highest BCUT2D eigenvalue weighted by Gasteiger charge is 2.12. The van der Waals surface area contributed by atoms with Crippen LogP contribution in [0.1, 0.15) is 11.1 Å². The Balaban J connectivity index is 2.35. The van der Waals surface area contributed by atoms with Gasteiger partial charge in [0, 0.05) is 12.2 Å². The Morgan fingerprint density at radius 3 is 3.14 bits per heavy atom. The van der Waals surface area contributed by atoms with Gasteiger partial charge < -0.3 is 16.4 Å². The third-order valence-corrected chi connectivity index (χ3v) is 2.40. The molecule has 1 heterocycles. The van der Waals surface area contributed by atoms with Crippen molar-refractivity contribution in [2.45, 2.75) is 13.0 Å². The molecule has 4 N–H and O–H groups in total. The fourth-order valence-electron chi connectivity index (χ4n) is 1.76. The maximum absolute atomic E-state index is 10.7. The van der Waals surface area contributed by atoms with E-state index in [1.807, 2.05) is 12.1 Å². The van der Waals surface area contributed by atoms with E-state index in [0.717, 1.165) is 30.8 Å². The summed E-state index contributed by atoms with van der Waals surface area (Å²) in [5.41, 5.74) is 8.35. The van der Waals surface area contributed by atoms with Crippen molar-refractivity contribution in [1.82, 2.24) is 5.32 Å². The first-order valence-corrected chi connectivity index (χ1v) is 4.65. The molecule has 1 aliphatic rings. The minimum Gasteiger partial charge on any atom is -0.351 e. The summed E-state index contributed by atoms with van der Waals surface area (Å²) in [7, 11) is 0. The Labute approximate surface area is 82.5 Å². The maximum Gasteiger partial charge on any atom is 0.316 e. The summed E-state index contributed by atoms with van der Waals surface area (Å²) < 4.78 is 0. The number of primary amides is 1. The summed E-state index contributed by atoms with van der Waals surface area (Å²) in [5.74, 6) is 0. The lowest BCUT2D eigenvalue weighted by molar-refractivity contribution is 0.259. The molecule has 0 saturated carbocycles. The molecule has 14 heavy (non-hydrogen) atoms. The van der Waals surface area contributed by atoms with Crippen LogP contribution in [-0.4, -0.2) is 12.6 Å². The highest BCUT2D eigenvalue weighted by molar-refractivity contribution is 5.89. The lowest BCUT2D eigenvalue weighted by Crippen LogP contribution is -2.26. The number of hydrogen-bond acceptors (Lipinski definition) is 2. The van der Waals surface area contributed by atoms with Gasteiger partial charge in [-0.1, -0.05) is 12.1 Å². The van der Waals surface area contributed by atoms with Crippen LogP contribution in [0.4, 0.5) is 10.5 Å². The van der Waals surface area contributed by atoms with Crippen molar-refractivity contribution < 1.29 is 4.79 Å². The predicted molar refractivity (Wildman–Crippen MR) is 55.1 cm³/mol. The average molecular weight is 191 g/mol. The summed E-state index contributed by atoms with van der Waals surface area (Å²) in [6.45, 7) is 1.79. The summed E-state index contributed by atoms with van der Waals surface area (Å²) in [6, 6.07) is 5.39. The van der Waals surface area contributed by atoms with Crippen molar-refractivity contribution in [1.29, 1.82) is 0 Å². The molecule has 0 radical (unpaired) electrons. The van der Waals surface area contributed by atoms with Crippen molar-refractivity contribution in [3.8, 4) is 0 Å². The van der Waals surface area contributed by atoms with Gasteiger partial charge in [-0.05, 0) is 30.2 Å². The van der Waals surface area contributed by atoms with E-state index in [-0.39, 0.29) is 0 Å². The summed E-state index contributed by atoms with van der Waals surface area (Å²) in [5, 5.41) is 5.89. The van der Waals surface area contributed by atoms with Crippen LogP contribution in [0.25, 0.3) is 0 Å². The molecular weight excluding hydrogens is 178 g/mol. The first-order valence-electron chi connectivity index (χ1n) is 4.65. The van der Waals surface area contributed by atoms with Crippen molar-refractivity contribution in [3.05, 3.63) is 29.3 Å². The number of fused-ring (bicyclic) bond motifs is 1. The molecule has 74 valence electrons. The normalized spacial score (nSPS) is 14.6. The molecule has 0 unspecified atom stereocenters. The first-order chi connectivity index (χ1) is 6.77. The lowest BCUT2D eigenvalue weighted by atomic mass is 9.99. The van der Waals surface area contributed by atoms with E-state index < -0.39 is 6.03 Å². The second-order valence-electron chi connectivity index (χ2n) is 3.36. The van der Waals surface area contributed by atoms with Crippen LogP contribution in [0.15, 0.2) is 18.2 Å². The lowest BCUT2D eigenvalue weighted by Gasteiger charge is -2.20. The Hall–Kier alpha value is -1.55.